The molecule has 1 aromatic rings. The molecule has 2 rings (SSSR count). The van der Waals surface area contributed by atoms with Crippen molar-refractivity contribution in [1.29, 1.82) is 0 Å². The highest BCUT2D eigenvalue weighted by atomic mass is 19.3. The number of piperidine rings is 1. The standard InChI is InChI=1S/C15H22F2N2O2/c1-20-12-6-8-19(9-7-12)14(10-18)11-2-4-13(5-3-11)21-15(16)17/h2-5,12,14-15H,6-10,18H2,1H3. The highest BCUT2D eigenvalue weighted by Crippen LogP contribution is 2.26. The molecule has 1 unspecified atom stereocenters. The van der Waals surface area contributed by atoms with Crippen molar-refractivity contribution in [3.63, 3.8) is 0 Å². The van der Waals surface area contributed by atoms with E-state index in [4.69, 9.17) is 10.5 Å². The number of alkyl halides is 2. The monoisotopic (exact) mass is 300 g/mol. The van der Waals surface area contributed by atoms with Gasteiger partial charge in [0.1, 0.15) is 5.75 Å². The van der Waals surface area contributed by atoms with Gasteiger partial charge in [0.15, 0.2) is 0 Å². The molecule has 0 bridgehead atoms. The van der Waals surface area contributed by atoms with E-state index in [0.29, 0.717) is 12.6 Å². The predicted octanol–water partition coefficient (Wildman–Crippen LogP) is 2.40. The number of halogens is 2. The van der Waals surface area contributed by atoms with E-state index in [0.717, 1.165) is 31.5 Å². The molecular weight excluding hydrogens is 278 g/mol. The Morgan fingerprint density at radius 1 is 1.24 bits per heavy atom. The molecule has 4 nitrogen and oxygen atoms in total. The molecule has 118 valence electrons. The second-order valence-corrected chi connectivity index (χ2v) is 5.17. The quantitative estimate of drug-likeness (QED) is 0.876. The van der Waals surface area contributed by atoms with Gasteiger partial charge in [-0.1, -0.05) is 12.1 Å². The average Bonchev–Trinajstić information content (AvgIpc) is 2.50. The third-order valence-electron chi connectivity index (χ3n) is 3.96. The summed E-state index contributed by atoms with van der Waals surface area (Å²) in [6.45, 7) is -0.452. The van der Waals surface area contributed by atoms with Gasteiger partial charge in [-0.3, -0.25) is 4.90 Å². The second-order valence-electron chi connectivity index (χ2n) is 5.17. The van der Waals surface area contributed by atoms with Gasteiger partial charge in [0, 0.05) is 32.8 Å². The highest BCUT2D eigenvalue weighted by molar-refractivity contribution is 5.29. The van der Waals surface area contributed by atoms with Gasteiger partial charge >= 0.3 is 6.61 Å². The normalized spacial score (nSPS) is 18.9. The van der Waals surface area contributed by atoms with Crippen molar-refractivity contribution in [3.8, 4) is 5.75 Å². The molecule has 0 radical (unpaired) electrons. The molecular formula is C15H22F2N2O2. The summed E-state index contributed by atoms with van der Waals surface area (Å²) in [7, 11) is 1.74. The maximum atomic E-state index is 12.1. The first-order chi connectivity index (χ1) is 10.1. The maximum absolute atomic E-state index is 12.1. The lowest BCUT2D eigenvalue weighted by Gasteiger charge is -2.36. The lowest BCUT2D eigenvalue weighted by molar-refractivity contribution is -0.0498. The van der Waals surface area contributed by atoms with Gasteiger partial charge in [-0.05, 0) is 30.5 Å². The molecule has 1 atom stereocenters. The van der Waals surface area contributed by atoms with E-state index in [1.54, 1.807) is 31.4 Å². The van der Waals surface area contributed by atoms with E-state index in [9.17, 15) is 8.78 Å². The molecule has 1 aliphatic rings. The summed E-state index contributed by atoms with van der Waals surface area (Å²) in [6, 6.07) is 6.83. The summed E-state index contributed by atoms with van der Waals surface area (Å²) in [5.74, 6) is 0.169. The Labute approximate surface area is 123 Å². The van der Waals surface area contributed by atoms with Gasteiger partial charge in [0.25, 0.3) is 0 Å². The zero-order valence-electron chi connectivity index (χ0n) is 12.2. The Bertz CT molecular complexity index is 420. The van der Waals surface area contributed by atoms with Gasteiger partial charge in [-0.2, -0.15) is 8.78 Å². The molecule has 1 heterocycles. The van der Waals surface area contributed by atoms with Crippen LogP contribution in [-0.4, -0.2) is 44.4 Å². The zero-order chi connectivity index (χ0) is 15.2. The van der Waals surface area contributed by atoms with Crippen molar-refractivity contribution in [2.45, 2.75) is 31.6 Å². The number of nitrogens with zero attached hydrogens (tertiary/aromatic N) is 1. The topological polar surface area (TPSA) is 47.7 Å². The van der Waals surface area contributed by atoms with Crippen molar-refractivity contribution < 1.29 is 18.3 Å². The molecule has 21 heavy (non-hydrogen) atoms. The summed E-state index contributed by atoms with van der Waals surface area (Å²) in [5, 5.41) is 0. The van der Waals surface area contributed by atoms with Gasteiger partial charge < -0.3 is 15.2 Å². The molecule has 0 amide bonds. The fourth-order valence-electron chi connectivity index (χ4n) is 2.79. The number of hydrogen-bond donors (Lipinski definition) is 1. The van der Waals surface area contributed by atoms with Crippen LogP contribution in [0.3, 0.4) is 0 Å². The maximum Gasteiger partial charge on any atom is 0.387 e. The zero-order valence-corrected chi connectivity index (χ0v) is 12.2. The lowest BCUT2D eigenvalue weighted by atomic mass is 10.0. The Balaban J connectivity index is 2.00. The summed E-state index contributed by atoms with van der Waals surface area (Å²) >= 11 is 0. The minimum Gasteiger partial charge on any atom is -0.435 e. The third kappa shape index (κ3) is 4.36. The largest absolute Gasteiger partial charge is 0.435 e. The summed E-state index contributed by atoms with van der Waals surface area (Å²) < 4.78 is 34.0. The van der Waals surface area contributed by atoms with Crippen LogP contribution in [0.1, 0.15) is 24.4 Å². The Kier molecular flexibility index (Phi) is 5.90. The molecule has 1 fully saturated rings. The van der Waals surface area contributed by atoms with E-state index < -0.39 is 6.61 Å². The Hall–Kier alpha value is -1.24. The van der Waals surface area contributed by atoms with E-state index >= 15 is 0 Å². The van der Waals surface area contributed by atoms with Crippen LogP contribution in [0.5, 0.6) is 5.75 Å². The van der Waals surface area contributed by atoms with Crippen molar-refractivity contribution >= 4 is 0 Å². The lowest BCUT2D eigenvalue weighted by Crippen LogP contribution is -2.41. The molecule has 1 saturated heterocycles. The van der Waals surface area contributed by atoms with Crippen LogP contribution in [-0.2, 0) is 4.74 Å². The van der Waals surface area contributed by atoms with Gasteiger partial charge in [-0.25, -0.2) is 0 Å². The minimum absolute atomic E-state index is 0.100. The number of likely N-dealkylation sites (tertiary alicyclic amines) is 1. The summed E-state index contributed by atoms with van der Waals surface area (Å²) in [6.07, 6.45) is 2.29. The molecule has 6 heteroatoms. The number of nitrogens with two attached hydrogens (primary N) is 1. The molecule has 0 aliphatic carbocycles. The molecule has 1 aromatic carbocycles. The molecule has 0 saturated carbocycles. The summed E-state index contributed by atoms with van der Waals surface area (Å²) in [4.78, 5) is 2.32. The van der Waals surface area contributed by atoms with Crippen LogP contribution in [0, 0.1) is 0 Å². The molecule has 2 N–H and O–H groups in total. The molecule has 0 spiro atoms. The fourth-order valence-corrected chi connectivity index (χ4v) is 2.79. The number of methoxy groups -OCH3 is 1. The van der Waals surface area contributed by atoms with E-state index in [2.05, 4.69) is 9.64 Å². The number of rotatable bonds is 6. The SMILES string of the molecule is COC1CCN(C(CN)c2ccc(OC(F)F)cc2)CC1. The van der Waals surface area contributed by atoms with Gasteiger partial charge in [0.05, 0.1) is 6.10 Å². The van der Waals surface area contributed by atoms with Crippen molar-refractivity contribution in [2.24, 2.45) is 5.73 Å². The number of benzene rings is 1. The van der Waals surface area contributed by atoms with Gasteiger partial charge in [0.2, 0.25) is 0 Å². The van der Waals surface area contributed by atoms with Crippen LogP contribution >= 0.6 is 0 Å². The van der Waals surface area contributed by atoms with Crippen LogP contribution in [0.25, 0.3) is 0 Å². The first kappa shape index (κ1) is 16.1. The Morgan fingerprint density at radius 3 is 2.33 bits per heavy atom. The highest BCUT2D eigenvalue weighted by Gasteiger charge is 2.25. The van der Waals surface area contributed by atoms with Crippen LogP contribution < -0.4 is 10.5 Å². The summed E-state index contributed by atoms with van der Waals surface area (Å²) in [5.41, 5.74) is 6.92. The molecule has 1 aliphatic heterocycles. The van der Waals surface area contributed by atoms with E-state index in [1.807, 2.05) is 0 Å². The molecule has 0 aromatic heterocycles. The first-order valence-corrected chi connectivity index (χ1v) is 7.15. The predicted molar refractivity (Wildman–Crippen MR) is 76.5 cm³/mol. The van der Waals surface area contributed by atoms with E-state index in [-0.39, 0.29) is 11.8 Å². The van der Waals surface area contributed by atoms with Crippen LogP contribution in [0.4, 0.5) is 8.78 Å². The number of hydrogen-bond acceptors (Lipinski definition) is 4. The van der Waals surface area contributed by atoms with Crippen molar-refractivity contribution in [1.82, 2.24) is 4.90 Å². The van der Waals surface area contributed by atoms with Crippen molar-refractivity contribution in [3.05, 3.63) is 29.8 Å². The first-order valence-electron chi connectivity index (χ1n) is 7.15. The second kappa shape index (κ2) is 7.68. The van der Waals surface area contributed by atoms with E-state index in [1.165, 1.54) is 0 Å². The number of ether oxygens (including phenoxy) is 2. The van der Waals surface area contributed by atoms with Crippen LogP contribution in [0.2, 0.25) is 0 Å². The smallest absolute Gasteiger partial charge is 0.387 e. The van der Waals surface area contributed by atoms with Crippen LogP contribution in [0.15, 0.2) is 24.3 Å². The fraction of sp³-hybridized carbons (Fsp3) is 0.600. The average molecular weight is 300 g/mol. The minimum atomic E-state index is -2.80. The van der Waals surface area contributed by atoms with Crippen molar-refractivity contribution in [2.75, 3.05) is 26.7 Å². The van der Waals surface area contributed by atoms with Gasteiger partial charge in [-0.15, -0.1) is 0 Å². The third-order valence-corrected chi connectivity index (χ3v) is 3.96. The Morgan fingerprint density at radius 2 is 1.86 bits per heavy atom.